The van der Waals surface area contributed by atoms with Gasteiger partial charge in [0.05, 0.1) is 12.5 Å². The summed E-state index contributed by atoms with van der Waals surface area (Å²) in [4.78, 5) is 15.6. The minimum Gasteiger partial charge on any atom is -0.479 e. The number of hydrogen-bond acceptors (Lipinski definition) is 4. The molecule has 0 bridgehead atoms. The van der Waals surface area contributed by atoms with Crippen molar-refractivity contribution in [3.05, 3.63) is 28.7 Å². The lowest BCUT2D eigenvalue weighted by molar-refractivity contribution is 0.388. The fourth-order valence-electron chi connectivity index (χ4n) is 1.29. The Bertz CT molecular complexity index is 533. The Morgan fingerprint density at radius 2 is 2.29 bits per heavy atom. The summed E-state index contributed by atoms with van der Waals surface area (Å²) in [6, 6.07) is 3.50. The zero-order chi connectivity index (χ0) is 10.1. The first kappa shape index (κ1) is 8.68. The van der Waals surface area contributed by atoms with Crippen LogP contribution >= 0.6 is 0 Å². The van der Waals surface area contributed by atoms with Crippen molar-refractivity contribution in [3.63, 3.8) is 0 Å². The van der Waals surface area contributed by atoms with Crippen LogP contribution in [0, 0.1) is 0 Å². The van der Waals surface area contributed by atoms with Crippen LogP contribution < -0.4 is 10.3 Å². The van der Waals surface area contributed by atoms with Crippen LogP contribution in [0.3, 0.4) is 0 Å². The lowest BCUT2D eigenvalue weighted by atomic mass is 10.3. The first-order valence-corrected chi connectivity index (χ1v) is 4.10. The number of nitrogens with zero attached hydrogens (tertiary/aromatic N) is 3. The number of ether oxygens (including phenoxy) is 1. The summed E-state index contributed by atoms with van der Waals surface area (Å²) < 4.78 is 6.27. The molecule has 0 atom stereocenters. The van der Waals surface area contributed by atoms with Gasteiger partial charge in [0.2, 0.25) is 5.88 Å². The number of pyridine rings is 1. The molecule has 2 heterocycles. The summed E-state index contributed by atoms with van der Waals surface area (Å²) in [5.41, 5.74) is 0.156. The highest BCUT2D eigenvalue weighted by Crippen LogP contribution is 2.16. The molecule has 0 aliphatic carbocycles. The van der Waals surface area contributed by atoms with E-state index in [0.717, 1.165) is 0 Å². The van der Waals surface area contributed by atoms with E-state index in [4.69, 9.17) is 4.74 Å². The van der Waals surface area contributed by atoms with Gasteiger partial charge < -0.3 is 4.74 Å². The van der Waals surface area contributed by atoms with E-state index >= 15 is 0 Å². The molecule has 0 amide bonds. The van der Waals surface area contributed by atoms with Crippen LogP contribution in [0.2, 0.25) is 0 Å². The summed E-state index contributed by atoms with van der Waals surface area (Å²) in [6.07, 6.45) is 1.57. The molecule has 72 valence electrons. The van der Waals surface area contributed by atoms with Crippen molar-refractivity contribution in [2.24, 2.45) is 7.05 Å². The third-order valence-electron chi connectivity index (χ3n) is 1.97. The molecular weight excluding hydrogens is 182 g/mol. The maximum Gasteiger partial charge on any atom is 0.293 e. The van der Waals surface area contributed by atoms with Crippen LogP contribution in [-0.4, -0.2) is 21.9 Å². The van der Waals surface area contributed by atoms with E-state index in [9.17, 15) is 4.79 Å². The Balaban J connectivity index is 2.97. The maximum absolute atomic E-state index is 11.6. The van der Waals surface area contributed by atoms with Crippen molar-refractivity contribution in [1.29, 1.82) is 0 Å². The van der Waals surface area contributed by atoms with Gasteiger partial charge in [0.1, 0.15) is 5.52 Å². The Hall–Kier alpha value is -1.91. The molecule has 0 N–H and O–H groups in total. The Kier molecular flexibility index (Phi) is 1.92. The molecule has 5 heteroatoms. The molecule has 0 unspecified atom stereocenters. The third-order valence-corrected chi connectivity index (χ3v) is 1.97. The van der Waals surface area contributed by atoms with Gasteiger partial charge in [0, 0.05) is 13.2 Å². The van der Waals surface area contributed by atoms with E-state index in [1.54, 1.807) is 25.4 Å². The fraction of sp³-hybridized carbons (Fsp3) is 0.222. The van der Waals surface area contributed by atoms with E-state index in [-0.39, 0.29) is 5.56 Å². The van der Waals surface area contributed by atoms with E-state index in [0.29, 0.717) is 16.8 Å². The zero-order valence-electron chi connectivity index (χ0n) is 7.89. The van der Waals surface area contributed by atoms with Gasteiger partial charge >= 0.3 is 0 Å². The topological polar surface area (TPSA) is 57.0 Å². The maximum atomic E-state index is 11.6. The second kappa shape index (κ2) is 3.10. The average molecular weight is 191 g/mol. The molecule has 0 aliphatic heterocycles. The number of rotatable bonds is 1. The van der Waals surface area contributed by atoms with Crippen LogP contribution in [-0.2, 0) is 7.05 Å². The lowest BCUT2D eigenvalue weighted by Crippen LogP contribution is -2.21. The van der Waals surface area contributed by atoms with Crippen LogP contribution in [0.4, 0.5) is 0 Å². The third kappa shape index (κ3) is 1.14. The summed E-state index contributed by atoms with van der Waals surface area (Å²) in [6.45, 7) is 0. The Morgan fingerprint density at radius 3 is 3.00 bits per heavy atom. The molecule has 0 fully saturated rings. The van der Waals surface area contributed by atoms with Gasteiger partial charge in [-0.1, -0.05) is 0 Å². The highest BCUT2D eigenvalue weighted by molar-refractivity contribution is 5.81. The molecule has 0 saturated heterocycles. The van der Waals surface area contributed by atoms with Crippen molar-refractivity contribution in [3.8, 4) is 5.88 Å². The van der Waals surface area contributed by atoms with Crippen molar-refractivity contribution < 1.29 is 4.74 Å². The van der Waals surface area contributed by atoms with Gasteiger partial charge in [-0.25, -0.2) is 4.68 Å². The molecule has 2 aromatic heterocycles. The Morgan fingerprint density at radius 1 is 1.50 bits per heavy atom. The fourth-order valence-corrected chi connectivity index (χ4v) is 1.29. The normalized spacial score (nSPS) is 10.4. The summed E-state index contributed by atoms with van der Waals surface area (Å²) in [5, 5.41) is 4.60. The SMILES string of the molecule is COc1nn(C)c(=O)c2ncccc12. The molecule has 0 spiro atoms. The van der Waals surface area contributed by atoms with Crippen LogP contribution in [0.5, 0.6) is 5.88 Å². The van der Waals surface area contributed by atoms with Crippen molar-refractivity contribution in [2.75, 3.05) is 7.11 Å². The van der Waals surface area contributed by atoms with Crippen LogP contribution in [0.25, 0.3) is 10.9 Å². The molecule has 0 aliphatic rings. The standard InChI is InChI=1S/C9H9N3O2/c1-12-9(13)7-6(4-3-5-10-7)8(11-12)14-2/h3-5H,1-2H3. The summed E-state index contributed by atoms with van der Waals surface area (Å²) >= 11 is 0. The smallest absolute Gasteiger partial charge is 0.293 e. The van der Waals surface area contributed by atoms with Crippen LogP contribution in [0.15, 0.2) is 23.1 Å². The van der Waals surface area contributed by atoms with Gasteiger partial charge in [-0.2, -0.15) is 0 Å². The molecule has 2 aromatic rings. The molecule has 5 nitrogen and oxygen atoms in total. The number of methoxy groups -OCH3 is 1. The van der Waals surface area contributed by atoms with Crippen LogP contribution in [0.1, 0.15) is 0 Å². The predicted molar refractivity (Wildman–Crippen MR) is 51.3 cm³/mol. The highest BCUT2D eigenvalue weighted by Gasteiger charge is 2.08. The first-order chi connectivity index (χ1) is 6.74. The van der Waals surface area contributed by atoms with E-state index < -0.39 is 0 Å². The minimum absolute atomic E-state index is 0.221. The van der Waals surface area contributed by atoms with Crippen molar-refractivity contribution in [1.82, 2.24) is 14.8 Å². The quantitative estimate of drug-likeness (QED) is 0.652. The van der Waals surface area contributed by atoms with Gasteiger partial charge in [-0.05, 0) is 12.1 Å². The van der Waals surface area contributed by atoms with E-state index in [1.807, 2.05) is 0 Å². The van der Waals surface area contributed by atoms with Gasteiger partial charge in [0.25, 0.3) is 5.56 Å². The molecule has 0 saturated carbocycles. The van der Waals surface area contributed by atoms with Gasteiger partial charge in [-0.3, -0.25) is 9.78 Å². The second-order valence-electron chi connectivity index (χ2n) is 2.84. The molecule has 0 radical (unpaired) electrons. The predicted octanol–water partition coefficient (Wildman–Crippen LogP) is 0.337. The zero-order valence-corrected chi connectivity index (χ0v) is 7.89. The molecular formula is C9H9N3O2. The number of hydrogen-bond donors (Lipinski definition) is 0. The van der Waals surface area contributed by atoms with E-state index in [1.165, 1.54) is 11.8 Å². The van der Waals surface area contributed by atoms with Gasteiger partial charge in [0.15, 0.2) is 0 Å². The van der Waals surface area contributed by atoms with Crippen molar-refractivity contribution in [2.45, 2.75) is 0 Å². The molecule has 0 aromatic carbocycles. The first-order valence-electron chi connectivity index (χ1n) is 4.10. The second-order valence-corrected chi connectivity index (χ2v) is 2.84. The largest absolute Gasteiger partial charge is 0.479 e. The highest BCUT2D eigenvalue weighted by atomic mass is 16.5. The molecule has 2 rings (SSSR count). The Labute approximate surface area is 80.0 Å². The number of fused-ring (bicyclic) bond motifs is 1. The monoisotopic (exact) mass is 191 g/mol. The molecule has 14 heavy (non-hydrogen) atoms. The van der Waals surface area contributed by atoms with Gasteiger partial charge in [-0.15, -0.1) is 5.10 Å². The number of aryl methyl sites for hydroxylation is 1. The average Bonchev–Trinajstić information content (AvgIpc) is 2.23. The lowest BCUT2D eigenvalue weighted by Gasteiger charge is -2.04. The van der Waals surface area contributed by atoms with Crippen molar-refractivity contribution >= 4 is 10.9 Å². The summed E-state index contributed by atoms with van der Waals surface area (Å²) in [7, 11) is 3.08. The summed E-state index contributed by atoms with van der Waals surface area (Å²) in [5.74, 6) is 0.412. The number of aromatic nitrogens is 3. The van der Waals surface area contributed by atoms with E-state index in [2.05, 4.69) is 10.1 Å². The minimum atomic E-state index is -0.221.